The van der Waals surface area contributed by atoms with Crippen LogP contribution < -0.4 is 5.32 Å². The summed E-state index contributed by atoms with van der Waals surface area (Å²) in [5.74, 6) is 1.24. The second-order valence-corrected chi connectivity index (χ2v) is 6.13. The van der Waals surface area contributed by atoms with E-state index < -0.39 is 0 Å². The smallest absolute Gasteiger partial charge is 0.220 e. The monoisotopic (exact) mass is 316 g/mol. The van der Waals surface area contributed by atoms with Crippen LogP contribution in [0.2, 0.25) is 0 Å². The van der Waals surface area contributed by atoms with Gasteiger partial charge in [-0.05, 0) is 31.7 Å². The van der Waals surface area contributed by atoms with Gasteiger partial charge in [0.25, 0.3) is 0 Å². The zero-order chi connectivity index (χ0) is 15.8. The van der Waals surface area contributed by atoms with Crippen LogP contribution in [-0.2, 0) is 4.79 Å². The third-order valence-corrected chi connectivity index (χ3v) is 4.27. The number of likely N-dealkylation sites (N-methyl/N-ethyl adjacent to an activating group) is 1. The molecule has 0 aromatic heterocycles. The van der Waals surface area contributed by atoms with Gasteiger partial charge in [-0.25, -0.2) is 0 Å². The Morgan fingerprint density at radius 1 is 0.905 bits per heavy atom. The Labute approximate surface area is 137 Å². The normalized spacial score (nSPS) is 11.0. The third-order valence-electron chi connectivity index (χ3n) is 3.96. The molecule has 0 fully saturated rings. The van der Waals surface area contributed by atoms with Gasteiger partial charge in [-0.15, -0.1) is 0 Å². The van der Waals surface area contributed by atoms with E-state index in [1.54, 1.807) is 0 Å². The van der Waals surface area contributed by atoms with Crippen LogP contribution in [0.15, 0.2) is 0 Å². The molecular weight excluding hydrogens is 280 g/mol. The van der Waals surface area contributed by atoms with E-state index in [9.17, 15) is 4.79 Å². The second kappa shape index (κ2) is 16.2. The third kappa shape index (κ3) is 14.5. The molecule has 0 saturated carbocycles. The molecule has 0 aliphatic carbocycles. The lowest BCUT2D eigenvalue weighted by Gasteiger charge is -2.17. The quantitative estimate of drug-likeness (QED) is 0.355. The van der Waals surface area contributed by atoms with Crippen LogP contribution in [-0.4, -0.2) is 42.7 Å². The number of unbranched alkanes of at least 4 members (excludes halogenated alkanes) is 7. The fourth-order valence-corrected chi connectivity index (χ4v) is 2.66. The van der Waals surface area contributed by atoms with Crippen LogP contribution in [0.5, 0.6) is 0 Å². The fraction of sp³-hybridized carbons (Fsp3) is 0.941. The first-order valence-electron chi connectivity index (χ1n) is 8.84. The van der Waals surface area contributed by atoms with E-state index in [0.29, 0.717) is 6.42 Å². The Morgan fingerprint density at radius 2 is 1.43 bits per heavy atom. The molecule has 4 heteroatoms. The average Bonchev–Trinajstić information content (AvgIpc) is 2.50. The highest BCUT2D eigenvalue weighted by Crippen LogP contribution is 2.09. The summed E-state index contributed by atoms with van der Waals surface area (Å²) in [6.07, 6.45) is 10.7. The van der Waals surface area contributed by atoms with Gasteiger partial charge in [0.05, 0.1) is 0 Å². The van der Waals surface area contributed by atoms with Gasteiger partial charge in [0, 0.05) is 19.5 Å². The van der Waals surface area contributed by atoms with Crippen molar-refractivity contribution >= 4 is 18.5 Å². The largest absolute Gasteiger partial charge is 0.355 e. The molecule has 0 bridgehead atoms. The van der Waals surface area contributed by atoms with Crippen LogP contribution >= 0.6 is 12.6 Å². The second-order valence-electron chi connectivity index (χ2n) is 5.68. The molecule has 1 N–H and O–H groups in total. The van der Waals surface area contributed by atoms with Crippen molar-refractivity contribution in [1.29, 1.82) is 0 Å². The number of hydrogen-bond donors (Lipinski definition) is 2. The number of carbonyl (C=O) groups is 1. The predicted octanol–water partition coefficient (Wildman–Crippen LogP) is 3.89. The van der Waals surface area contributed by atoms with Gasteiger partial charge < -0.3 is 10.2 Å². The van der Waals surface area contributed by atoms with E-state index in [1.165, 1.54) is 44.9 Å². The summed E-state index contributed by atoms with van der Waals surface area (Å²) in [7, 11) is 0. The molecule has 126 valence electrons. The number of thiol groups is 1. The molecule has 3 nitrogen and oxygen atoms in total. The van der Waals surface area contributed by atoms with Crippen molar-refractivity contribution in [2.24, 2.45) is 0 Å². The van der Waals surface area contributed by atoms with Gasteiger partial charge in [0.15, 0.2) is 0 Å². The van der Waals surface area contributed by atoms with Gasteiger partial charge in [-0.3, -0.25) is 4.79 Å². The Kier molecular flexibility index (Phi) is 16.0. The van der Waals surface area contributed by atoms with Crippen molar-refractivity contribution in [2.45, 2.75) is 71.6 Å². The number of rotatable bonds is 15. The van der Waals surface area contributed by atoms with E-state index in [2.05, 4.69) is 36.7 Å². The summed E-state index contributed by atoms with van der Waals surface area (Å²) in [4.78, 5) is 14.0. The van der Waals surface area contributed by atoms with Crippen LogP contribution in [0.4, 0.5) is 0 Å². The first-order valence-corrected chi connectivity index (χ1v) is 9.47. The number of hydrogen-bond acceptors (Lipinski definition) is 3. The minimum Gasteiger partial charge on any atom is -0.355 e. The Morgan fingerprint density at radius 3 is 1.95 bits per heavy atom. The van der Waals surface area contributed by atoms with Crippen molar-refractivity contribution in [3.63, 3.8) is 0 Å². The highest BCUT2D eigenvalue weighted by molar-refractivity contribution is 7.80. The topological polar surface area (TPSA) is 32.3 Å². The Hall–Kier alpha value is -0.220. The van der Waals surface area contributed by atoms with Gasteiger partial charge in [-0.1, -0.05) is 52.4 Å². The van der Waals surface area contributed by atoms with E-state index in [4.69, 9.17) is 0 Å². The van der Waals surface area contributed by atoms with Crippen molar-refractivity contribution in [3.8, 4) is 0 Å². The molecule has 0 heterocycles. The minimum absolute atomic E-state index is 0.218. The highest BCUT2D eigenvalue weighted by atomic mass is 32.1. The number of nitrogens with zero attached hydrogens (tertiary/aromatic N) is 1. The van der Waals surface area contributed by atoms with E-state index in [1.807, 2.05) is 0 Å². The van der Waals surface area contributed by atoms with Gasteiger partial charge >= 0.3 is 0 Å². The molecule has 0 unspecified atom stereocenters. The first kappa shape index (κ1) is 20.8. The molecule has 21 heavy (non-hydrogen) atoms. The van der Waals surface area contributed by atoms with Crippen LogP contribution in [0, 0.1) is 0 Å². The van der Waals surface area contributed by atoms with Gasteiger partial charge in [-0.2, -0.15) is 12.6 Å². The standard InChI is InChI=1S/C17H36N2OS/c1-3-19(4-2)15-14-18-17(20)13-11-9-7-5-6-8-10-12-16-21/h21H,3-16H2,1-2H3,(H,18,20). The van der Waals surface area contributed by atoms with Crippen molar-refractivity contribution < 1.29 is 4.79 Å². The summed E-state index contributed by atoms with van der Waals surface area (Å²) < 4.78 is 0. The lowest BCUT2D eigenvalue weighted by molar-refractivity contribution is -0.121. The number of nitrogens with one attached hydrogen (secondary N) is 1. The summed E-state index contributed by atoms with van der Waals surface area (Å²) in [5, 5.41) is 3.02. The Bertz CT molecular complexity index is 233. The highest BCUT2D eigenvalue weighted by Gasteiger charge is 2.02. The lowest BCUT2D eigenvalue weighted by atomic mass is 10.1. The van der Waals surface area contributed by atoms with Gasteiger partial charge in [0.2, 0.25) is 5.91 Å². The SMILES string of the molecule is CCN(CC)CCNC(=O)CCCCCCCCCCS. The van der Waals surface area contributed by atoms with Crippen molar-refractivity contribution in [3.05, 3.63) is 0 Å². The van der Waals surface area contributed by atoms with Gasteiger partial charge in [0.1, 0.15) is 0 Å². The molecule has 0 saturated heterocycles. The summed E-state index contributed by atoms with van der Waals surface area (Å²) in [6.45, 7) is 8.17. The summed E-state index contributed by atoms with van der Waals surface area (Å²) in [6, 6.07) is 0. The number of amides is 1. The first-order chi connectivity index (χ1) is 10.2. The summed E-state index contributed by atoms with van der Waals surface area (Å²) in [5.41, 5.74) is 0. The maximum atomic E-state index is 11.7. The molecule has 0 atom stereocenters. The van der Waals surface area contributed by atoms with E-state index in [-0.39, 0.29) is 5.91 Å². The van der Waals surface area contributed by atoms with Crippen molar-refractivity contribution in [2.75, 3.05) is 31.9 Å². The van der Waals surface area contributed by atoms with E-state index in [0.717, 1.165) is 38.4 Å². The minimum atomic E-state index is 0.218. The summed E-state index contributed by atoms with van der Waals surface area (Å²) >= 11 is 4.22. The van der Waals surface area contributed by atoms with Crippen molar-refractivity contribution in [1.82, 2.24) is 10.2 Å². The van der Waals surface area contributed by atoms with E-state index >= 15 is 0 Å². The molecule has 1 amide bonds. The molecular formula is C17H36N2OS. The van der Waals surface area contributed by atoms with Crippen LogP contribution in [0.3, 0.4) is 0 Å². The zero-order valence-corrected chi connectivity index (χ0v) is 15.1. The lowest BCUT2D eigenvalue weighted by Crippen LogP contribution is -2.34. The average molecular weight is 317 g/mol. The van der Waals surface area contributed by atoms with Crippen LogP contribution in [0.25, 0.3) is 0 Å². The van der Waals surface area contributed by atoms with Crippen LogP contribution in [0.1, 0.15) is 71.6 Å². The number of carbonyl (C=O) groups excluding carboxylic acids is 1. The molecule has 0 aliphatic heterocycles. The maximum Gasteiger partial charge on any atom is 0.220 e. The predicted molar refractivity (Wildman–Crippen MR) is 96.2 cm³/mol. The zero-order valence-electron chi connectivity index (χ0n) is 14.2. The molecule has 0 rings (SSSR count). The molecule has 0 radical (unpaired) electrons. The molecule has 0 aliphatic rings. The molecule has 0 aromatic carbocycles. The maximum absolute atomic E-state index is 11.7. The molecule has 0 spiro atoms. The fourth-order valence-electron chi connectivity index (χ4n) is 2.44. The molecule has 0 aromatic rings. The Balaban J connectivity index is 3.26.